The standard InChI is InChI=1S/C12H18O/c13-12(9-8-10-6-7-10)11-4-2-1-3-5-11/h4,10H,1-3,5-9H2. The predicted octanol–water partition coefficient (Wildman–Crippen LogP) is 3.25. The molecule has 2 aliphatic rings. The number of allylic oxidation sites excluding steroid dienone is 2. The van der Waals surface area contributed by atoms with Crippen molar-refractivity contribution >= 4 is 5.78 Å². The number of Topliss-reactive ketones (excluding diaryl/α,β-unsaturated/α-hetero) is 1. The number of hydrogen-bond acceptors (Lipinski definition) is 1. The van der Waals surface area contributed by atoms with Crippen LogP contribution in [0, 0.1) is 5.92 Å². The van der Waals surface area contributed by atoms with Gasteiger partial charge >= 0.3 is 0 Å². The average Bonchev–Trinajstić information content (AvgIpc) is 2.99. The summed E-state index contributed by atoms with van der Waals surface area (Å²) in [6, 6.07) is 0. The molecule has 0 amide bonds. The molecule has 1 saturated carbocycles. The molecule has 0 aromatic carbocycles. The second-order valence-corrected chi connectivity index (χ2v) is 4.38. The first-order chi connectivity index (χ1) is 6.36. The third kappa shape index (κ3) is 2.68. The highest BCUT2D eigenvalue weighted by Crippen LogP contribution is 2.34. The van der Waals surface area contributed by atoms with Gasteiger partial charge in [-0.05, 0) is 43.6 Å². The highest BCUT2D eigenvalue weighted by Gasteiger charge is 2.22. The minimum Gasteiger partial charge on any atom is -0.295 e. The van der Waals surface area contributed by atoms with E-state index in [1.165, 1.54) is 25.7 Å². The Hall–Kier alpha value is -0.590. The molecular formula is C12H18O. The molecule has 13 heavy (non-hydrogen) atoms. The molecule has 72 valence electrons. The van der Waals surface area contributed by atoms with Crippen molar-refractivity contribution < 1.29 is 4.79 Å². The van der Waals surface area contributed by atoms with E-state index in [0.29, 0.717) is 5.78 Å². The van der Waals surface area contributed by atoms with Gasteiger partial charge in [-0.1, -0.05) is 18.9 Å². The molecule has 0 N–H and O–H groups in total. The molecule has 0 atom stereocenters. The molecule has 1 heteroatoms. The zero-order valence-corrected chi connectivity index (χ0v) is 8.22. The fourth-order valence-electron chi connectivity index (χ4n) is 1.99. The molecule has 0 aliphatic heterocycles. The van der Waals surface area contributed by atoms with Crippen LogP contribution in [0.4, 0.5) is 0 Å². The summed E-state index contributed by atoms with van der Waals surface area (Å²) in [6.45, 7) is 0. The Morgan fingerprint density at radius 3 is 2.85 bits per heavy atom. The van der Waals surface area contributed by atoms with Crippen LogP contribution in [0.3, 0.4) is 0 Å². The maximum Gasteiger partial charge on any atom is 0.158 e. The van der Waals surface area contributed by atoms with Gasteiger partial charge in [0.1, 0.15) is 0 Å². The number of carbonyl (C=O) groups is 1. The molecule has 0 bridgehead atoms. The van der Waals surface area contributed by atoms with Crippen LogP contribution in [-0.2, 0) is 4.79 Å². The zero-order chi connectivity index (χ0) is 9.10. The van der Waals surface area contributed by atoms with Crippen molar-refractivity contribution in [2.24, 2.45) is 5.92 Å². The summed E-state index contributed by atoms with van der Waals surface area (Å²) < 4.78 is 0. The van der Waals surface area contributed by atoms with Crippen molar-refractivity contribution in [3.63, 3.8) is 0 Å². The fraction of sp³-hybridized carbons (Fsp3) is 0.750. The molecule has 0 unspecified atom stereocenters. The van der Waals surface area contributed by atoms with Crippen LogP contribution >= 0.6 is 0 Å². The van der Waals surface area contributed by atoms with E-state index in [-0.39, 0.29) is 0 Å². The van der Waals surface area contributed by atoms with Crippen molar-refractivity contribution in [3.8, 4) is 0 Å². The molecule has 0 radical (unpaired) electrons. The Morgan fingerprint density at radius 2 is 2.23 bits per heavy atom. The van der Waals surface area contributed by atoms with Gasteiger partial charge in [0.2, 0.25) is 0 Å². The van der Waals surface area contributed by atoms with E-state index in [1.807, 2.05) is 0 Å². The van der Waals surface area contributed by atoms with E-state index >= 15 is 0 Å². The Balaban J connectivity index is 1.77. The molecule has 0 saturated heterocycles. The minimum atomic E-state index is 0.437. The summed E-state index contributed by atoms with van der Waals surface area (Å²) in [4.78, 5) is 11.7. The van der Waals surface area contributed by atoms with E-state index in [2.05, 4.69) is 6.08 Å². The maximum absolute atomic E-state index is 11.7. The average molecular weight is 178 g/mol. The van der Waals surface area contributed by atoms with Crippen LogP contribution in [0.2, 0.25) is 0 Å². The highest BCUT2D eigenvalue weighted by atomic mass is 16.1. The van der Waals surface area contributed by atoms with Crippen molar-refractivity contribution in [1.82, 2.24) is 0 Å². The topological polar surface area (TPSA) is 17.1 Å². The SMILES string of the molecule is O=C(CCC1CC1)C1=CCCCC1. The van der Waals surface area contributed by atoms with Gasteiger partial charge in [0.05, 0.1) is 0 Å². The smallest absolute Gasteiger partial charge is 0.158 e. The van der Waals surface area contributed by atoms with Crippen LogP contribution in [0.1, 0.15) is 51.4 Å². The monoisotopic (exact) mass is 178 g/mol. The third-order valence-corrected chi connectivity index (χ3v) is 3.13. The first-order valence-electron chi connectivity index (χ1n) is 5.58. The summed E-state index contributed by atoms with van der Waals surface area (Å²) in [6.07, 6.45) is 11.5. The molecule has 0 aromatic heterocycles. The third-order valence-electron chi connectivity index (χ3n) is 3.13. The van der Waals surface area contributed by atoms with Crippen molar-refractivity contribution in [3.05, 3.63) is 11.6 Å². The number of rotatable bonds is 4. The summed E-state index contributed by atoms with van der Waals surface area (Å²) in [5.41, 5.74) is 1.13. The summed E-state index contributed by atoms with van der Waals surface area (Å²) in [5.74, 6) is 1.33. The first-order valence-corrected chi connectivity index (χ1v) is 5.58. The Labute approximate surface area is 80.2 Å². The zero-order valence-electron chi connectivity index (χ0n) is 8.22. The molecule has 1 fully saturated rings. The first kappa shape index (κ1) is 8.98. The molecule has 1 nitrogen and oxygen atoms in total. The predicted molar refractivity (Wildman–Crippen MR) is 53.5 cm³/mol. The number of hydrogen-bond donors (Lipinski definition) is 0. The molecule has 0 heterocycles. The quantitative estimate of drug-likeness (QED) is 0.646. The van der Waals surface area contributed by atoms with Gasteiger partial charge in [0.15, 0.2) is 5.78 Å². The summed E-state index contributed by atoms with van der Waals surface area (Å²) in [7, 11) is 0. The lowest BCUT2D eigenvalue weighted by atomic mass is 9.94. The van der Waals surface area contributed by atoms with E-state index < -0.39 is 0 Å². The van der Waals surface area contributed by atoms with Gasteiger partial charge in [-0.25, -0.2) is 0 Å². The van der Waals surface area contributed by atoms with Gasteiger partial charge in [-0.15, -0.1) is 0 Å². The van der Waals surface area contributed by atoms with Crippen molar-refractivity contribution in [2.45, 2.75) is 51.4 Å². The van der Waals surface area contributed by atoms with Crippen LogP contribution < -0.4 is 0 Å². The van der Waals surface area contributed by atoms with Crippen LogP contribution in [-0.4, -0.2) is 5.78 Å². The summed E-state index contributed by atoms with van der Waals surface area (Å²) in [5, 5.41) is 0. The number of ketones is 1. The van der Waals surface area contributed by atoms with Gasteiger partial charge < -0.3 is 0 Å². The lowest BCUT2D eigenvalue weighted by Gasteiger charge is -2.10. The lowest BCUT2D eigenvalue weighted by molar-refractivity contribution is -0.116. The molecule has 2 rings (SSSR count). The minimum absolute atomic E-state index is 0.437. The van der Waals surface area contributed by atoms with Crippen LogP contribution in [0.15, 0.2) is 11.6 Å². The Bertz CT molecular complexity index is 223. The Kier molecular flexibility index (Phi) is 2.82. The van der Waals surface area contributed by atoms with Crippen LogP contribution in [0.5, 0.6) is 0 Å². The van der Waals surface area contributed by atoms with E-state index in [4.69, 9.17) is 0 Å². The fourth-order valence-corrected chi connectivity index (χ4v) is 1.99. The van der Waals surface area contributed by atoms with E-state index in [9.17, 15) is 4.79 Å². The van der Waals surface area contributed by atoms with E-state index in [0.717, 1.165) is 37.2 Å². The van der Waals surface area contributed by atoms with Gasteiger partial charge in [-0.2, -0.15) is 0 Å². The second-order valence-electron chi connectivity index (χ2n) is 4.38. The van der Waals surface area contributed by atoms with E-state index in [1.54, 1.807) is 0 Å². The summed E-state index contributed by atoms with van der Waals surface area (Å²) >= 11 is 0. The normalized spacial score (nSPS) is 22.6. The largest absolute Gasteiger partial charge is 0.295 e. The van der Waals surface area contributed by atoms with Crippen molar-refractivity contribution in [2.75, 3.05) is 0 Å². The van der Waals surface area contributed by atoms with Crippen molar-refractivity contribution in [1.29, 1.82) is 0 Å². The highest BCUT2D eigenvalue weighted by molar-refractivity contribution is 5.95. The lowest BCUT2D eigenvalue weighted by Crippen LogP contribution is -2.05. The molecule has 0 spiro atoms. The molecular weight excluding hydrogens is 160 g/mol. The maximum atomic E-state index is 11.7. The van der Waals surface area contributed by atoms with Gasteiger partial charge in [-0.3, -0.25) is 4.79 Å². The van der Waals surface area contributed by atoms with Crippen LogP contribution in [0.25, 0.3) is 0 Å². The molecule has 2 aliphatic carbocycles. The molecule has 0 aromatic rings. The number of carbonyl (C=O) groups excluding carboxylic acids is 1. The second kappa shape index (κ2) is 4.08. The van der Waals surface area contributed by atoms with Gasteiger partial charge in [0.25, 0.3) is 0 Å². The van der Waals surface area contributed by atoms with Gasteiger partial charge in [0, 0.05) is 6.42 Å². The Morgan fingerprint density at radius 1 is 1.38 bits per heavy atom.